The smallest absolute Gasteiger partial charge is 0.303 e. The minimum absolute atomic E-state index is 0.130. The molecule has 2 aromatic rings. The number of benzene rings is 2. The first-order valence-electron chi connectivity index (χ1n) is 10.4. The zero-order chi connectivity index (χ0) is 20.6. The monoisotopic (exact) mass is 412 g/mol. The number of aliphatic hydroxyl groups is 1. The number of allylic oxidation sites excluding steroid dienone is 2. The number of unbranched alkanes of at least 4 members (excludes halogenated alkanes) is 1. The highest BCUT2D eigenvalue weighted by molar-refractivity contribution is 6.21. The Morgan fingerprint density at radius 2 is 1.72 bits per heavy atom. The van der Waals surface area contributed by atoms with E-state index in [0.717, 1.165) is 36.8 Å². The van der Waals surface area contributed by atoms with Crippen molar-refractivity contribution in [3.63, 3.8) is 0 Å². The quantitative estimate of drug-likeness (QED) is 0.298. The molecular formula is C25H29ClO3. The van der Waals surface area contributed by atoms with Gasteiger partial charge in [-0.1, -0.05) is 66.7 Å². The van der Waals surface area contributed by atoms with Crippen molar-refractivity contribution in [3.05, 3.63) is 83.4 Å². The average molecular weight is 413 g/mol. The number of alkyl halides is 1. The van der Waals surface area contributed by atoms with E-state index in [0.29, 0.717) is 18.3 Å². The Kier molecular flexibility index (Phi) is 7.91. The first-order chi connectivity index (χ1) is 14.1. The molecule has 0 heterocycles. The van der Waals surface area contributed by atoms with Crippen LogP contribution < -0.4 is 0 Å². The van der Waals surface area contributed by atoms with Gasteiger partial charge in [0.1, 0.15) is 6.10 Å². The van der Waals surface area contributed by atoms with E-state index in [-0.39, 0.29) is 11.8 Å². The molecule has 3 rings (SSSR count). The van der Waals surface area contributed by atoms with E-state index in [4.69, 9.17) is 16.7 Å². The summed E-state index contributed by atoms with van der Waals surface area (Å²) < 4.78 is 0. The van der Waals surface area contributed by atoms with E-state index in [1.165, 1.54) is 5.56 Å². The topological polar surface area (TPSA) is 57.5 Å². The lowest BCUT2D eigenvalue weighted by Gasteiger charge is -2.22. The van der Waals surface area contributed by atoms with Gasteiger partial charge in [-0.3, -0.25) is 4.79 Å². The number of aliphatic hydroxyl groups excluding tert-OH is 1. The van der Waals surface area contributed by atoms with Gasteiger partial charge in [0.25, 0.3) is 0 Å². The van der Waals surface area contributed by atoms with Gasteiger partial charge in [0.05, 0.1) is 0 Å². The van der Waals surface area contributed by atoms with Crippen molar-refractivity contribution in [2.45, 2.75) is 55.9 Å². The fourth-order valence-corrected chi connectivity index (χ4v) is 4.74. The highest BCUT2D eigenvalue weighted by Gasteiger charge is 2.35. The molecule has 1 saturated carbocycles. The predicted molar refractivity (Wildman–Crippen MR) is 117 cm³/mol. The van der Waals surface area contributed by atoms with Crippen LogP contribution in [0.1, 0.15) is 67.2 Å². The summed E-state index contributed by atoms with van der Waals surface area (Å²) in [7, 11) is 0. The number of hydrogen-bond donors (Lipinski definition) is 2. The fourth-order valence-electron chi connectivity index (χ4n) is 4.26. The van der Waals surface area contributed by atoms with Crippen LogP contribution in [0.4, 0.5) is 0 Å². The highest BCUT2D eigenvalue weighted by Crippen LogP contribution is 2.45. The minimum Gasteiger partial charge on any atom is -0.481 e. The molecule has 2 aromatic carbocycles. The van der Waals surface area contributed by atoms with Crippen LogP contribution in [-0.2, 0) is 4.79 Å². The van der Waals surface area contributed by atoms with E-state index in [2.05, 4.69) is 24.3 Å². The van der Waals surface area contributed by atoms with Gasteiger partial charge in [-0.25, -0.2) is 0 Å². The van der Waals surface area contributed by atoms with Crippen molar-refractivity contribution >= 4 is 17.6 Å². The Labute approximate surface area is 178 Å². The van der Waals surface area contributed by atoms with Gasteiger partial charge < -0.3 is 10.2 Å². The number of rotatable bonds is 9. The van der Waals surface area contributed by atoms with Crippen molar-refractivity contribution in [3.8, 4) is 0 Å². The summed E-state index contributed by atoms with van der Waals surface area (Å²) in [6, 6.07) is 17.9. The van der Waals surface area contributed by atoms with Crippen molar-refractivity contribution in [1.82, 2.24) is 0 Å². The van der Waals surface area contributed by atoms with Crippen LogP contribution in [0.25, 0.3) is 0 Å². The van der Waals surface area contributed by atoms with Crippen molar-refractivity contribution in [1.29, 1.82) is 0 Å². The normalized spacial score (nSPS) is 22.8. The second-order valence-corrected chi connectivity index (χ2v) is 8.41. The van der Waals surface area contributed by atoms with Crippen molar-refractivity contribution < 1.29 is 15.0 Å². The molecule has 1 fully saturated rings. The molecule has 154 valence electrons. The van der Waals surface area contributed by atoms with Gasteiger partial charge in [-0.2, -0.15) is 0 Å². The van der Waals surface area contributed by atoms with Crippen LogP contribution in [0.15, 0.2) is 66.7 Å². The van der Waals surface area contributed by atoms with Crippen LogP contribution >= 0.6 is 11.6 Å². The van der Waals surface area contributed by atoms with Gasteiger partial charge in [0.15, 0.2) is 0 Å². The van der Waals surface area contributed by atoms with E-state index >= 15 is 0 Å². The molecule has 0 radical (unpaired) electrons. The van der Waals surface area contributed by atoms with Crippen molar-refractivity contribution in [2.75, 3.05) is 0 Å². The highest BCUT2D eigenvalue weighted by atomic mass is 35.5. The molecule has 0 saturated heterocycles. The Balaban J connectivity index is 1.61. The number of halogens is 1. The molecule has 0 aromatic heterocycles. The summed E-state index contributed by atoms with van der Waals surface area (Å²) in [5.41, 5.74) is 3.01. The lowest BCUT2D eigenvalue weighted by molar-refractivity contribution is -0.137. The Morgan fingerprint density at radius 3 is 2.41 bits per heavy atom. The maximum atomic E-state index is 10.6. The van der Waals surface area contributed by atoms with Crippen LogP contribution in [0, 0.1) is 5.92 Å². The zero-order valence-electron chi connectivity index (χ0n) is 16.6. The maximum absolute atomic E-state index is 10.6. The molecule has 1 aliphatic carbocycles. The molecule has 0 bridgehead atoms. The summed E-state index contributed by atoms with van der Waals surface area (Å²) in [6.45, 7) is 0. The molecule has 3 nitrogen and oxygen atoms in total. The van der Waals surface area contributed by atoms with Gasteiger partial charge in [-0.15, -0.1) is 11.6 Å². The SMILES string of the molecule is O=C(O)CCC/C=C\CC1CCC(Cl)C1c1ccc(C(O)c2ccccc2)cc1. The number of hydrogen-bond acceptors (Lipinski definition) is 2. The standard InChI is InChI=1S/C25H29ClO3/c26-22-17-16-18(8-4-1-2-7-11-23(27)28)24(22)19-12-14-21(15-13-19)25(29)20-9-5-3-6-10-20/h1,3-6,9-10,12-15,18,22,24-25,29H,2,7-8,11,16-17H2,(H,27,28)/b4-1-. The van der Waals surface area contributed by atoms with Gasteiger partial charge in [0.2, 0.25) is 0 Å². The third kappa shape index (κ3) is 5.94. The van der Waals surface area contributed by atoms with E-state index in [1.807, 2.05) is 42.5 Å². The largest absolute Gasteiger partial charge is 0.481 e. The summed E-state index contributed by atoms with van der Waals surface area (Å²) in [6.07, 6.45) is 8.46. The lowest BCUT2D eigenvalue weighted by atomic mass is 9.85. The molecular weight excluding hydrogens is 384 g/mol. The van der Waals surface area contributed by atoms with Crippen LogP contribution in [0.5, 0.6) is 0 Å². The summed E-state index contributed by atoms with van der Waals surface area (Å²) in [5, 5.41) is 19.4. The Morgan fingerprint density at radius 1 is 1.03 bits per heavy atom. The van der Waals surface area contributed by atoms with E-state index < -0.39 is 12.1 Å². The minimum atomic E-state index is -0.736. The summed E-state index contributed by atoms with van der Waals surface area (Å²) in [4.78, 5) is 10.6. The van der Waals surface area contributed by atoms with Gasteiger partial charge in [0, 0.05) is 17.7 Å². The molecule has 4 unspecified atom stereocenters. The Hall–Kier alpha value is -2.10. The van der Waals surface area contributed by atoms with Crippen LogP contribution in [0.2, 0.25) is 0 Å². The summed E-state index contributed by atoms with van der Waals surface area (Å²) >= 11 is 6.66. The summed E-state index contributed by atoms with van der Waals surface area (Å²) in [5.74, 6) is 0.0708. The van der Waals surface area contributed by atoms with Gasteiger partial charge >= 0.3 is 5.97 Å². The Bertz CT molecular complexity index is 801. The molecule has 2 N–H and O–H groups in total. The molecule has 4 heteroatoms. The molecule has 0 spiro atoms. The molecule has 4 atom stereocenters. The van der Waals surface area contributed by atoms with Crippen LogP contribution in [-0.4, -0.2) is 21.6 Å². The third-order valence-corrected chi connectivity index (χ3v) is 6.32. The number of carboxylic acid groups (broad SMARTS) is 1. The molecule has 29 heavy (non-hydrogen) atoms. The molecule has 0 aliphatic heterocycles. The maximum Gasteiger partial charge on any atom is 0.303 e. The first-order valence-corrected chi connectivity index (χ1v) is 10.8. The number of aliphatic carboxylic acids is 1. The first kappa shape index (κ1) is 21.6. The van der Waals surface area contributed by atoms with E-state index in [1.54, 1.807) is 0 Å². The van der Waals surface area contributed by atoms with Crippen LogP contribution in [0.3, 0.4) is 0 Å². The van der Waals surface area contributed by atoms with E-state index in [9.17, 15) is 9.90 Å². The molecule has 1 aliphatic rings. The lowest BCUT2D eigenvalue weighted by Crippen LogP contribution is -2.13. The zero-order valence-corrected chi connectivity index (χ0v) is 17.3. The van der Waals surface area contributed by atoms with Crippen molar-refractivity contribution in [2.24, 2.45) is 5.92 Å². The third-order valence-electron chi connectivity index (χ3n) is 5.83. The number of carboxylic acids is 1. The average Bonchev–Trinajstić information content (AvgIpc) is 3.11. The second-order valence-electron chi connectivity index (χ2n) is 7.85. The molecule has 0 amide bonds. The second kappa shape index (κ2) is 10.6. The van der Waals surface area contributed by atoms with Gasteiger partial charge in [-0.05, 0) is 54.7 Å². The predicted octanol–water partition coefficient (Wildman–Crippen LogP) is 6.07. The number of carbonyl (C=O) groups is 1. The fraction of sp³-hybridized carbons (Fsp3) is 0.400.